The molecule has 2 rings (SSSR count). The Hall–Kier alpha value is -2.08. The van der Waals surface area contributed by atoms with Gasteiger partial charge in [-0.1, -0.05) is 18.2 Å². The van der Waals surface area contributed by atoms with Crippen molar-refractivity contribution in [3.63, 3.8) is 0 Å². The fourth-order valence-corrected chi connectivity index (χ4v) is 1.92. The molecule has 0 saturated heterocycles. The molecule has 0 aliphatic carbocycles. The summed E-state index contributed by atoms with van der Waals surface area (Å²) in [6, 6.07) is 7.50. The molecule has 6 heteroatoms. The number of hydrogen-bond acceptors (Lipinski definition) is 5. The molecule has 20 heavy (non-hydrogen) atoms. The molecule has 0 spiro atoms. The van der Waals surface area contributed by atoms with E-state index in [1.54, 1.807) is 7.11 Å². The lowest BCUT2D eigenvalue weighted by Gasteiger charge is -2.10. The van der Waals surface area contributed by atoms with Crippen LogP contribution in [0.4, 0.5) is 0 Å². The average molecular weight is 276 g/mol. The number of nitrogens with two attached hydrogens (primary N) is 1. The van der Waals surface area contributed by atoms with Crippen LogP contribution in [0.1, 0.15) is 24.7 Å². The number of nitrogens with zero attached hydrogens (tertiary/aromatic N) is 3. The van der Waals surface area contributed by atoms with E-state index in [0.29, 0.717) is 13.2 Å². The quantitative estimate of drug-likeness (QED) is 0.833. The van der Waals surface area contributed by atoms with Crippen LogP contribution in [-0.2, 0) is 19.7 Å². The highest BCUT2D eigenvalue weighted by atomic mass is 16.5. The fraction of sp³-hybridized carbons (Fsp3) is 0.429. The third-order valence-electron chi connectivity index (χ3n) is 2.96. The second-order valence-electron chi connectivity index (χ2n) is 4.38. The summed E-state index contributed by atoms with van der Waals surface area (Å²) in [5.74, 6) is 1.51. The van der Waals surface area contributed by atoms with E-state index in [-0.39, 0.29) is 0 Å². The average Bonchev–Trinajstić information content (AvgIpc) is 2.88. The van der Waals surface area contributed by atoms with Gasteiger partial charge in [0, 0.05) is 19.2 Å². The van der Waals surface area contributed by atoms with E-state index in [4.69, 9.17) is 15.2 Å². The van der Waals surface area contributed by atoms with Gasteiger partial charge in [-0.15, -0.1) is 5.10 Å². The minimum Gasteiger partial charge on any atom is -0.497 e. The maximum atomic E-state index is 5.79. The number of methoxy groups -OCH3 is 1. The van der Waals surface area contributed by atoms with Gasteiger partial charge in [-0.3, -0.25) is 0 Å². The maximum absolute atomic E-state index is 5.79. The van der Waals surface area contributed by atoms with Gasteiger partial charge < -0.3 is 15.2 Å². The van der Waals surface area contributed by atoms with Gasteiger partial charge in [0.1, 0.15) is 29.5 Å². The Balaban J connectivity index is 2.11. The van der Waals surface area contributed by atoms with Crippen LogP contribution >= 0.6 is 0 Å². The molecule has 0 bridgehead atoms. The van der Waals surface area contributed by atoms with Crippen molar-refractivity contribution in [2.75, 3.05) is 7.11 Å². The van der Waals surface area contributed by atoms with Gasteiger partial charge in [0.25, 0.3) is 0 Å². The van der Waals surface area contributed by atoms with Crippen LogP contribution in [0.5, 0.6) is 11.5 Å². The number of benzene rings is 1. The van der Waals surface area contributed by atoms with Crippen molar-refractivity contribution >= 4 is 0 Å². The van der Waals surface area contributed by atoms with Gasteiger partial charge in [0.05, 0.1) is 7.11 Å². The third kappa shape index (κ3) is 3.27. The molecule has 2 N–H and O–H groups in total. The van der Waals surface area contributed by atoms with Crippen molar-refractivity contribution in [1.29, 1.82) is 0 Å². The molecule has 0 aliphatic heterocycles. The smallest absolute Gasteiger partial charge is 0.132 e. The topological polar surface area (TPSA) is 75.2 Å². The summed E-state index contributed by atoms with van der Waals surface area (Å²) in [5, 5.41) is 8.19. The summed E-state index contributed by atoms with van der Waals surface area (Å²) in [7, 11) is 1.63. The van der Waals surface area contributed by atoms with Crippen molar-refractivity contribution in [3.05, 3.63) is 35.7 Å². The Morgan fingerprint density at radius 2 is 2.10 bits per heavy atom. The van der Waals surface area contributed by atoms with E-state index in [2.05, 4.69) is 17.2 Å². The van der Waals surface area contributed by atoms with Crippen LogP contribution in [0.25, 0.3) is 0 Å². The van der Waals surface area contributed by atoms with E-state index >= 15 is 0 Å². The minimum absolute atomic E-state index is 0.362. The van der Waals surface area contributed by atoms with Crippen molar-refractivity contribution in [2.45, 2.75) is 33.0 Å². The molecule has 6 nitrogen and oxygen atoms in total. The zero-order valence-corrected chi connectivity index (χ0v) is 11.9. The zero-order valence-electron chi connectivity index (χ0n) is 11.9. The molecule has 0 amide bonds. The Morgan fingerprint density at radius 1 is 1.30 bits per heavy atom. The summed E-state index contributed by atoms with van der Waals surface area (Å²) < 4.78 is 12.8. The first-order chi connectivity index (χ1) is 9.78. The lowest BCUT2D eigenvalue weighted by molar-refractivity contribution is 0.288. The summed E-state index contributed by atoms with van der Waals surface area (Å²) in [6.07, 6.45) is 0.986. The predicted molar refractivity (Wildman–Crippen MR) is 75.5 cm³/mol. The van der Waals surface area contributed by atoms with Crippen LogP contribution in [-0.4, -0.2) is 22.1 Å². The van der Waals surface area contributed by atoms with Gasteiger partial charge in [0.15, 0.2) is 0 Å². The summed E-state index contributed by atoms with van der Waals surface area (Å²) in [4.78, 5) is 0. The standard InChI is InChI=1S/C14H20N4O2/c1-3-7-18-14(13(9-15)16-17-18)10-20-12-6-4-5-11(8-12)19-2/h4-6,8H,3,7,9-10,15H2,1-2H3. The molecular weight excluding hydrogens is 256 g/mol. The molecule has 0 aliphatic rings. The van der Waals surface area contributed by atoms with Gasteiger partial charge >= 0.3 is 0 Å². The largest absolute Gasteiger partial charge is 0.497 e. The summed E-state index contributed by atoms with van der Waals surface area (Å²) in [6.45, 7) is 3.66. The maximum Gasteiger partial charge on any atom is 0.132 e. The van der Waals surface area contributed by atoms with E-state index in [0.717, 1.165) is 35.9 Å². The fourth-order valence-electron chi connectivity index (χ4n) is 1.92. The molecule has 108 valence electrons. The van der Waals surface area contributed by atoms with Gasteiger partial charge in [-0.2, -0.15) is 0 Å². The molecule has 1 aromatic heterocycles. The highest BCUT2D eigenvalue weighted by Gasteiger charge is 2.12. The Bertz CT molecular complexity index is 554. The minimum atomic E-state index is 0.362. The van der Waals surface area contributed by atoms with Crippen LogP contribution in [0.15, 0.2) is 24.3 Å². The van der Waals surface area contributed by atoms with Gasteiger partial charge in [0.2, 0.25) is 0 Å². The van der Waals surface area contributed by atoms with Crippen molar-refractivity contribution < 1.29 is 9.47 Å². The highest BCUT2D eigenvalue weighted by molar-refractivity contribution is 5.33. The first-order valence-corrected chi connectivity index (χ1v) is 6.66. The molecule has 1 aromatic carbocycles. The van der Waals surface area contributed by atoms with Crippen LogP contribution in [0.2, 0.25) is 0 Å². The number of aromatic nitrogens is 3. The molecule has 2 aromatic rings. The SMILES string of the molecule is CCCn1nnc(CN)c1COc1cccc(OC)c1. The second-order valence-corrected chi connectivity index (χ2v) is 4.38. The Morgan fingerprint density at radius 3 is 2.80 bits per heavy atom. The van der Waals surface area contributed by atoms with Crippen molar-refractivity contribution in [2.24, 2.45) is 5.73 Å². The number of ether oxygens (including phenoxy) is 2. The van der Waals surface area contributed by atoms with E-state index in [1.807, 2.05) is 28.9 Å². The highest BCUT2D eigenvalue weighted by Crippen LogP contribution is 2.20. The van der Waals surface area contributed by atoms with E-state index < -0.39 is 0 Å². The molecule has 0 radical (unpaired) electrons. The normalized spacial score (nSPS) is 10.6. The number of aryl methyl sites for hydroxylation is 1. The number of rotatable bonds is 7. The monoisotopic (exact) mass is 276 g/mol. The first-order valence-electron chi connectivity index (χ1n) is 6.66. The molecular formula is C14H20N4O2. The summed E-state index contributed by atoms with van der Waals surface area (Å²) >= 11 is 0. The van der Waals surface area contributed by atoms with Gasteiger partial charge in [-0.05, 0) is 18.6 Å². The summed E-state index contributed by atoms with van der Waals surface area (Å²) in [5.41, 5.74) is 7.39. The van der Waals surface area contributed by atoms with Crippen LogP contribution < -0.4 is 15.2 Å². The second kappa shape index (κ2) is 6.91. The molecule has 0 fully saturated rings. The molecule has 1 heterocycles. The van der Waals surface area contributed by atoms with Gasteiger partial charge in [-0.25, -0.2) is 4.68 Å². The van der Waals surface area contributed by atoms with E-state index in [1.165, 1.54) is 0 Å². The van der Waals surface area contributed by atoms with Crippen molar-refractivity contribution in [1.82, 2.24) is 15.0 Å². The lowest BCUT2D eigenvalue weighted by Crippen LogP contribution is -2.10. The number of hydrogen-bond donors (Lipinski definition) is 1. The van der Waals surface area contributed by atoms with Crippen LogP contribution in [0.3, 0.4) is 0 Å². The molecule has 0 unspecified atom stereocenters. The Labute approximate surface area is 118 Å². The predicted octanol–water partition coefficient (Wildman–Crippen LogP) is 1.73. The van der Waals surface area contributed by atoms with E-state index in [9.17, 15) is 0 Å². The first kappa shape index (κ1) is 14.3. The molecule has 0 saturated carbocycles. The third-order valence-corrected chi connectivity index (χ3v) is 2.96. The lowest BCUT2D eigenvalue weighted by atomic mass is 10.3. The Kier molecular flexibility index (Phi) is 4.95. The molecule has 0 atom stereocenters. The zero-order chi connectivity index (χ0) is 14.4. The van der Waals surface area contributed by atoms with Crippen molar-refractivity contribution in [3.8, 4) is 11.5 Å². The van der Waals surface area contributed by atoms with Crippen LogP contribution in [0, 0.1) is 0 Å².